The Morgan fingerprint density at radius 1 is 1.50 bits per heavy atom. The van der Waals surface area contributed by atoms with Gasteiger partial charge in [-0.1, -0.05) is 21.8 Å². The summed E-state index contributed by atoms with van der Waals surface area (Å²) in [6, 6.07) is 5.57. The molecule has 0 amide bonds. The van der Waals surface area contributed by atoms with Gasteiger partial charge in [-0.05, 0) is 17.6 Å². The Morgan fingerprint density at radius 2 is 2.42 bits per heavy atom. The van der Waals surface area contributed by atoms with Gasteiger partial charge in [0.15, 0.2) is 0 Å². The van der Waals surface area contributed by atoms with E-state index in [4.69, 9.17) is 5.21 Å². The maximum Gasteiger partial charge on any atom is 0.106 e. The zero-order chi connectivity index (χ0) is 8.39. The first-order valence-corrected chi connectivity index (χ1v) is 4.07. The fraction of sp³-hybridized carbons (Fsp3) is 0. The maximum atomic E-state index is 8.35. The molecule has 4 nitrogen and oxygen atoms in total. The molecule has 2 rings (SSSR count). The average Bonchev–Trinajstić information content (AvgIpc) is 2.53. The van der Waals surface area contributed by atoms with Crippen molar-refractivity contribution in [1.82, 2.24) is 9.59 Å². The molecule has 0 unspecified atom stereocenters. The highest BCUT2D eigenvalue weighted by molar-refractivity contribution is 7.13. The number of nitrogens with zero attached hydrogens (tertiary/aromatic N) is 3. The Labute approximate surface area is 72.3 Å². The summed E-state index contributed by atoms with van der Waals surface area (Å²) in [5.74, 6) is 0. The lowest BCUT2D eigenvalue weighted by molar-refractivity contribution is 0.322. The van der Waals surface area contributed by atoms with Crippen molar-refractivity contribution >= 4 is 28.0 Å². The van der Waals surface area contributed by atoms with Crippen LogP contribution in [0.2, 0.25) is 0 Å². The standard InChI is InChI=1S/C7H5N3OS/c11-8-4-5-2-1-3-6-7(5)12-10-9-6/h1-4,11H/b8-4-. The van der Waals surface area contributed by atoms with Crippen molar-refractivity contribution in [2.24, 2.45) is 5.16 Å². The van der Waals surface area contributed by atoms with E-state index in [1.807, 2.05) is 18.2 Å². The number of hydrogen-bond donors (Lipinski definition) is 1. The lowest BCUT2D eigenvalue weighted by atomic mass is 10.2. The summed E-state index contributed by atoms with van der Waals surface area (Å²) in [5.41, 5.74) is 1.67. The molecule has 0 atom stereocenters. The predicted molar refractivity (Wildman–Crippen MR) is 46.8 cm³/mol. The van der Waals surface area contributed by atoms with E-state index >= 15 is 0 Å². The van der Waals surface area contributed by atoms with Crippen LogP contribution in [0.1, 0.15) is 5.56 Å². The molecule has 0 aliphatic carbocycles. The van der Waals surface area contributed by atoms with Gasteiger partial charge in [0.2, 0.25) is 0 Å². The molecular formula is C7H5N3OS. The minimum absolute atomic E-state index is 0.831. The van der Waals surface area contributed by atoms with Crippen molar-refractivity contribution in [3.05, 3.63) is 23.8 Å². The summed E-state index contributed by atoms with van der Waals surface area (Å²) in [6.07, 6.45) is 1.38. The zero-order valence-corrected chi connectivity index (χ0v) is 6.82. The number of fused-ring (bicyclic) bond motifs is 1. The minimum atomic E-state index is 0.831. The van der Waals surface area contributed by atoms with Gasteiger partial charge in [0, 0.05) is 5.56 Å². The van der Waals surface area contributed by atoms with Gasteiger partial charge in [0.25, 0.3) is 0 Å². The summed E-state index contributed by atoms with van der Waals surface area (Å²) in [4.78, 5) is 0. The number of oxime groups is 1. The van der Waals surface area contributed by atoms with E-state index in [0.29, 0.717) is 0 Å². The molecule has 0 spiro atoms. The van der Waals surface area contributed by atoms with E-state index in [9.17, 15) is 0 Å². The first-order valence-electron chi connectivity index (χ1n) is 3.30. The van der Waals surface area contributed by atoms with Gasteiger partial charge in [-0.15, -0.1) is 5.10 Å². The fourth-order valence-electron chi connectivity index (χ4n) is 0.989. The van der Waals surface area contributed by atoms with Crippen molar-refractivity contribution in [3.63, 3.8) is 0 Å². The largest absolute Gasteiger partial charge is 0.411 e. The van der Waals surface area contributed by atoms with Gasteiger partial charge < -0.3 is 5.21 Å². The molecule has 0 saturated carbocycles. The molecule has 0 fully saturated rings. The Balaban J connectivity index is 2.73. The number of hydrogen-bond acceptors (Lipinski definition) is 5. The quantitative estimate of drug-likeness (QED) is 0.410. The molecule has 1 aromatic carbocycles. The highest BCUT2D eigenvalue weighted by atomic mass is 32.1. The van der Waals surface area contributed by atoms with Crippen molar-refractivity contribution in [2.75, 3.05) is 0 Å². The first kappa shape index (κ1) is 7.17. The maximum absolute atomic E-state index is 8.35. The molecule has 2 aromatic rings. The second kappa shape index (κ2) is 2.86. The van der Waals surface area contributed by atoms with Crippen molar-refractivity contribution in [2.45, 2.75) is 0 Å². The third kappa shape index (κ3) is 1.04. The molecule has 0 saturated heterocycles. The van der Waals surface area contributed by atoms with E-state index in [2.05, 4.69) is 14.7 Å². The molecule has 1 N–H and O–H groups in total. The van der Waals surface area contributed by atoms with Gasteiger partial charge in [-0.25, -0.2) is 0 Å². The van der Waals surface area contributed by atoms with Gasteiger partial charge >= 0.3 is 0 Å². The van der Waals surface area contributed by atoms with Crippen molar-refractivity contribution < 1.29 is 5.21 Å². The van der Waals surface area contributed by atoms with Gasteiger partial charge in [-0.3, -0.25) is 0 Å². The highest BCUT2D eigenvalue weighted by Crippen LogP contribution is 2.18. The van der Waals surface area contributed by atoms with Crippen LogP contribution in [-0.4, -0.2) is 21.0 Å². The molecular weight excluding hydrogens is 174 g/mol. The summed E-state index contributed by atoms with van der Waals surface area (Å²) >= 11 is 1.29. The van der Waals surface area contributed by atoms with Crippen LogP contribution >= 0.6 is 11.5 Å². The van der Waals surface area contributed by atoms with Gasteiger partial charge in [-0.2, -0.15) is 0 Å². The Hall–Kier alpha value is -1.49. The molecule has 0 bridgehead atoms. The Kier molecular flexibility index (Phi) is 1.71. The topological polar surface area (TPSA) is 58.4 Å². The smallest absolute Gasteiger partial charge is 0.106 e. The van der Waals surface area contributed by atoms with E-state index in [0.717, 1.165) is 15.8 Å². The number of rotatable bonds is 1. The van der Waals surface area contributed by atoms with Crippen LogP contribution in [0.5, 0.6) is 0 Å². The monoisotopic (exact) mass is 179 g/mol. The second-order valence-electron chi connectivity index (χ2n) is 2.21. The average molecular weight is 179 g/mol. The second-order valence-corrected chi connectivity index (χ2v) is 2.97. The molecule has 60 valence electrons. The fourth-order valence-corrected chi connectivity index (χ4v) is 1.63. The van der Waals surface area contributed by atoms with Crippen molar-refractivity contribution in [3.8, 4) is 0 Å². The Bertz CT molecular complexity index is 423. The third-order valence-electron chi connectivity index (χ3n) is 1.50. The van der Waals surface area contributed by atoms with E-state index in [-0.39, 0.29) is 0 Å². The number of aromatic nitrogens is 2. The van der Waals surface area contributed by atoms with Crippen molar-refractivity contribution in [1.29, 1.82) is 0 Å². The molecule has 1 heterocycles. The Morgan fingerprint density at radius 3 is 3.25 bits per heavy atom. The van der Waals surface area contributed by atoms with E-state index in [1.54, 1.807) is 0 Å². The summed E-state index contributed by atoms with van der Waals surface area (Å²) in [5, 5.41) is 15.2. The third-order valence-corrected chi connectivity index (χ3v) is 2.29. The molecule has 0 aliphatic heterocycles. The lowest BCUT2D eigenvalue weighted by Crippen LogP contribution is -1.80. The van der Waals surface area contributed by atoms with Gasteiger partial charge in [0.1, 0.15) is 5.52 Å². The summed E-state index contributed by atoms with van der Waals surface area (Å²) < 4.78 is 4.73. The minimum Gasteiger partial charge on any atom is -0.411 e. The van der Waals surface area contributed by atoms with E-state index in [1.165, 1.54) is 17.7 Å². The van der Waals surface area contributed by atoms with Crippen LogP contribution in [0, 0.1) is 0 Å². The van der Waals surface area contributed by atoms with Crippen LogP contribution in [0.4, 0.5) is 0 Å². The molecule has 0 radical (unpaired) electrons. The summed E-state index contributed by atoms with van der Waals surface area (Å²) in [7, 11) is 0. The highest BCUT2D eigenvalue weighted by Gasteiger charge is 2.01. The molecule has 12 heavy (non-hydrogen) atoms. The molecule has 1 aromatic heterocycles. The molecule has 5 heteroatoms. The zero-order valence-electron chi connectivity index (χ0n) is 6.01. The van der Waals surface area contributed by atoms with E-state index < -0.39 is 0 Å². The van der Waals surface area contributed by atoms with Crippen LogP contribution in [0.25, 0.3) is 10.2 Å². The van der Waals surface area contributed by atoms with Crippen LogP contribution in [-0.2, 0) is 0 Å². The first-order chi connectivity index (χ1) is 5.92. The molecule has 0 aliphatic rings. The number of benzene rings is 1. The normalized spacial score (nSPS) is 11.3. The van der Waals surface area contributed by atoms with Gasteiger partial charge in [0.05, 0.1) is 10.9 Å². The van der Waals surface area contributed by atoms with Crippen LogP contribution < -0.4 is 0 Å². The van der Waals surface area contributed by atoms with Crippen LogP contribution in [0.15, 0.2) is 23.4 Å². The lowest BCUT2D eigenvalue weighted by Gasteiger charge is -1.90. The summed E-state index contributed by atoms with van der Waals surface area (Å²) in [6.45, 7) is 0. The SMILES string of the molecule is O/N=C\c1cccc2nnsc12. The predicted octanol–water partition coefficient (Wildman–Crippen LogP) is 1.50. The van der Waals surface area contributed by atoms with Crippen LogP contribution in [0.3, 0.4) is 0 Å².